The van der Waals surface area contributed by atoms with Crippen molar-refractivity contribution in [1.29, 1.82) is 0 Å². The predicted molar refractivity (Wildman–Crippen MR) is 102 cm³/mol. The Balaban J connectivity index is 1.51. The maximum absolute atomic E-state index is 13.6. The van der Waals surface area contributed by atoms with Crippen LogP contribution >= 0.6 is 0 Å². The number of nitrogens with one attached hydrogen (secondary N) is 1. The number of amides is 1. The number of sulfonamides is 1. The third kappa shape index (κ3) is 5.14. The van der Waals surface area contributed by atoms with Crippen molar-refractivity contribution in [3.05, 3.63) is 71.3 Å². The molecule has 1 fully saturated rings. The number of carbonyl (C=O) groups is 1. The number of benzene rings is 2. The van der Waals surface area contributed by atoms with Gasteiger partial charge in [-0.25, -0.2) is 21.5 Å². The SMILES string of the molecule is O=C(NCc1ccccc1F)C1CCN(S(=O)(=O)Cc2ccc(F)cc2)CC1. The normalized spacial score (nSPS) is 16.1. The van der Waals surface area contributed by atoms with Crippen LogP contribution in [0.15, 0.2) is 48.5 Å². The van der Waals surface area contributed by atoms with Crippen LogP contribution in [0, 0.1) is 17.6 Å². The minimum absolute atomic E-state index is 0.106. The van der Waals surface area contributed by atoms with E-state index in [1.807, 2.05) is 0 Å². The lowest BCUT2D eigenvalue weighted by molar-refractivity contribution is -0.126. The summed E-state index contributed by atoms with van der Waals surface area (Å²) in [5, 5.41) is 2.73. The molecule has 0 spiro atoms. The molecule has 0 atom stereocenters. The molecule has 2 aromatic carbocycles. The highest BCUT2D eigenvalue weighted by Crippen LogP contribution is 2.22. The molecule has 1 heterocycles. The number of halogens is 2. The van der Waals surface area contributed by atoms with Gasteiger partial charge in [-0.1, -0.05) is 30.3 Å². The summed E-state index contributed by atoms with van der Waals surface area (Å²) < 4.78 is 53.1. The van der Waals surface area contributed by atoms with Gasteiger partial charge in [-0.2, -0.15) is 0 Å². The van der Waals surface area contributed by atoms with Crippen molar-refractivity contribution in [2.24, 2.45) is 5.92 Å². The molecule has 8 heteroatoms. The summed E-state index contributed by atoms with van der Waals surface area (Å²) in [5.41, 5.74) is 0.932. The summed E-state index contributed by atoms with van der Waals surface area (Å²) in [4.78, 5) is 12.3. The van der Waals surface area contributed by atoms with Crippen molar-refractivity contribution in [2.75, 3.05) is 13.1 Å². The van der Waals surface area contributed by atoms with E-state index >= 15 is 0 Å². The summed E-state index contributed by atoms with van der Waals surface area (Å²) in [6.07, 6.45) is 0.817. The molecule has 28 heavy (non-hydrogen) atoms. The Morgan fingerprint density at radius 1 is 1.04 bits per heavy atom. The smallest absolute Gasteiger partial charge is 0.223 e. The fraction of sp³-hybridized carbons (Fsp3) is 0.350. The molecule has 2 aromatic rings. The fourth-order valence-corrected chi connectivity index (χ4v) is 4.81. The number of carbonyl (C=O) groups excluding carboxylic acids is 1. The molecule has 1 amide bonds. The molecule has 0 unspecified atom stereocenters. The molecule has 1 saturated heterocycles. The highest BCUT2D eigenvalue weighted by molar-refractivity contribution is 7.88. The van der Waals surface area contributed by atoms with Crippen molar-refractivity contribution in [3.63, 3.8) is 0 Å². The van der Waals surface area contributed by atoms with Gasteiger partial charge in [-0.15, -0.1) is 0 Å². The van der Waals surface area contributed by atoms with Gasteiger partial charge in [0.05, 0.1) is 5.75 Å². The first-order valence-corrected chi connectivity index (χ1v) is 10.7. The second kappa shape index (κ2) is 8.79. The summed E-state index contributed by atoms with van der Waals surface area (Å²) in [6, 6.07) is 11.6. The van der Waals surface area contributed by atoms with Crippen LogP contribution < -0.4 is 5.32 Å². The van der Waals surface area contributed by atoms with Gasteiger partial charge in [0.15, 0.2) is 0 Å². The summed E-state index contributed by atoms with van der Waals surface area (Å²) >= 11 is 0. The van der Waals surface area contributed by atoms with Gasteiger partial charge in [0.2, 0.25) is 15.9 Å². The standard InChI is InChI=1S/C20H22F2N2O3S/c21-18-7-5-15(6-8-18)14-28(26,27)24-11-9-16(10-12-24)20(25)23-13-17-3-1-2-4-19(17)22/h1-8,16H,9-14H2,(H,23,25). The molecule has 0 radical (unpaired) electrons. The lowest BCUT2D eigenvalue weighted by Gasteiger charge is -2.30. The van der Waals surface area contributed by atoms with E-state index in [0.717, 1.165) is 0 Å². The Morgan fingerprint density at radius 3 is 2.32 bits per heavy atom. The van der Waals surface area contributed by atoms with Crippen molar-refractivity contribution >= 4 is 15.9 Å². The maximum Gasteiger partial charge on any atom is 0.223 e. The Labute approximate surface area is 163 Å². The molecular formula is C20H22F2N2O3S. The Hall–Kier alpha value is -2.32. The van der Waals surface area contributed by atoms with Crippen LogP contribution in [-0.4, -0.2) is 31.7 Å². The van der Waals surface area contributed by atoms with Gasteiger partial charge in [0.25, 0.3) is 0 Å². The largest absolute Gasteiger partial charge is 0.352 e. The fourth-order valence-electron chi connectivity index (χ4n) is 3.25. The van der Waals surface area contributed by atoms with E-state index in [-0.39, 0.29) is 43.0 Å². The van der Waals surface area contributed by atoms with E-state index in [4.69, 9.17) is 0 Å². The third-order valence-electron chi connectivity index (χ3n) is 4.89. The number of hydrogen-bond donors (Lipinski definition) is 1. The van der Waals surface area contributed by atoms with Gasteiger partial charge < -0.3 is 5.32 Å². The lowest BCUT2D eigenvalue weighted by Crippen LogP contribution is -2.43. The Bertz CT molecular complexity index is 925. The van der Waals surface area contributed by atoms with E-state index in [9.17, 15) is 22.0 Å². The number of piperidine rings is 1. The Kier molecular flexibility index (Phi) is 6.41. The molecule has 1 N–H and O–H groups in total. The number of hydrogen-bond acceptors (Lipinski definition) is 3. The van der Waals surface area contributed by atoms with E-state index in [0.29, 0.717) is 24.0 Å². The third-order valence-corrected chi connectivity index (χ3v) is 6.74. The molecule has 150 valence electrons. The van der Waals surface area contributed by atoms with Crippen molar-refractivity contribution in [3.8, 4) is 0 Å². The topological polar surface area (TPSA) is 66.5 Å². The quantitative estimate of drug-likeness (QED) is 0.799. The zero-order chi connectivity index (χ0) is 20.1. The summed E-state index contributed by atoms with van der Waals surface area (Å²) in [6.45, 7) is 0.608. The summed E-state index contributed by atoms with van der Waals surface area (Å²) in [7, 11) is -3.53. The van der Waals surface area contributed by atoms with E-state index in [1.54, 1.807) is 18.2 Å². The number of nitrogens with zero attached hydrogens (tertiary/aromatic N) is 1. The second-order valence-electron chi connectivity index (χ2n) is 6.87. The number of rotatable bonds is 6. The summed E-state index contributed by atoms with van der Waals surface area (Å²) in [5.74, 6) is -1.48. The Morgan fingerprint density at radius 2 is 1.68 bits per heavy atom. The zero-order valence-corrected chi connectivity index (χ0v) is 16.1. The average molecular weight is 408 g/mol. The van der Waals surface area contributed by atoms with Crippen LogP contribution in [0.3, 0.4) is 0 Å². The first-order valence-electron chi connectivity index (χ1n) is 9.08. The van der Waals surface area contributed by atoms with Gasteiger partial charge in [0, 0.05) is 31.1 Å². The van der Waals surface area contributed by atoms with Crippen LogP contribution in [0.1, 0.15) is 24.0 Å². The van der Waals surface area contributed by atoms with Crippen LogP contribution in [0.4, 0.5) is 8.78 Å². The molecule has 0 bridgehead atoms. The first-order chi connectivity index (χ1) is 13.3. The van der Waals surface area contributed by atoms with E-state index in [1.165, 1.54) is 34.6 Å². The highest BCUT2D eigenvalue weighted by atomic mass is 32.2. The molecular weight excluding hydrogens is 386 g/mol. The zero-order valence-electron chi connectivity index (χ0n) is 15.3. The maximum atomic E-state index is 13.6. The molecule has 5 nitrogen and oxygen atoms in total. The van der Waals surface area contributed by atoms with E-state index < -0.39 is 15.8 Å². The molecule has 3 rings (SSSR count). The molecule has 1 aliphatic rings. The lowest BCUT2D eigenvalue weighted by atomic mass is 9.97. The van der Waals surface area contributed by atoms with Crippen LogP contribution in [0.25, 0.3) is 0 Å². The van der Waals surface area contributed by atoms with Crippen LogP contribution in [0.2, 0.25) is 0 Å². The van der Waals surface area contributed by atoms with Crippen molar-refractivity contribution in [2.45, 2.75) is 25.1 Å². The highest BCUT2D eigenvalue weighted by Gasteiger charge is 2.31. The molecule has 0 aromatic heterocycles. The van der Waals surface area contributed by atoms with Crippen LogP contribution in [0.5, 0.6) is 0 Å². The minimum atomic E-state index is -3.53. The second-order valence-corrected chi connectivity index (χ2v) is 8.83. The molecule has 0 aliphatic carbocycles. The van der Waals surface area contributed by atoms with Gasteiger partial charge in [0.1, 0.15) is 11.6 Å². The minimum Gasteiger partial charge on any atom is -0.352 e. The van der Waals surface area contributed by atoms with Crippen molar-refractivity contribution in [1.82, 2.24) is 9.62 Å². The van der Waals surface area contributed by atoms with Crippen molar-refractivity contribution < 1.29 is 22.0 Å². The molecule has 1 aliphatic heterocycles. The predicted octanol–water partition coefficient (Wildman–Crippen LogP) is 2.82. The monoisotopic (exact) mass is 408 g/mol. The van der Waals surface area contributed by atoms with Gasteiger partial charge >= 0.3 is 0 Å². The first kappa shape index (κ1) is 20.4. The van der Waals surface area contributed by atoms with Gasteiger partial charge in [-0.3, -0.25) is 4.79 Å². The molecule has 0 saturated carbocycles. The van der Waals surface area contributed by atoms with Gasteiger partial charge in [-0.05, 0) is 36.6 Å². The van der Waals surface area contributed by atoms with E-state index in [2.05, 4.69) is 5.32 Å². The average Bonchev–Trinajstić information content (AvgIpc) is 2.69. The van der Waals surface area contributed by atoms with Crippen LogP contribution in [-0.2, 0) is 27.1 Å².